The first-order valence-electron chi connectivity index (χ1n) is 12.7. The van der Waals surface area contributed by atoms with Crippen LogP contribution >= 0.6 is 0 Å². The maximum atomic E-state index is 13.6. The molecule has 3 amide bonds. The van der Waals surface area contributed by atoms with E-state index in [1.54, 1.807) is 6.20 Å². The normalized spacial score (nSPS) is 13.2. The monoisotopic (exact) mass is 545 g/mol. The average molecular weight is 546 g/mol. The Labute approximate surface area is 229 Å². The van der Waals surface area contributed by atoms with E-state index in [9.17, 15) is 19.2 Å². The zero-order valence-corrected chi connectivity index (χ0v) is 21.6. The van der Waals surface area contributed by atoms with Crippen molar-refractivity contribution in [2.75, 3.05) is 6.54 Å². The molecule has 0 radical (unpaired) electrons. The standard InChI is InChI=1S/C28H31N7O5/c29-21(10-17-6-2-1-3-7-17)26(38)34-23(11-18-13-31-22-9-5-4-8-20(18)22)28(40)35-24(12-19-14-30-16-33-19)27(39)32-15-25(36)37/h1-9,13-14,16,21,23-24,31H,10-12,15,29H2,(H,30,33)(H,32,39)(H,34,38)(H,35,40)(H,36,37). The van der Waals surface area contributed by atoms with Gasteiger partial charge in [0.25, 0.3) is 0 Å². The van der Waals surface area contributed by atoms with Crippen molar-refractivity contribution >= 4 is 34.6 Å². The van der Waals surface area contributed by atoms with Gasteiger partial charge in [-0.25, -0.2) is 4.98 Å². The second kappa shape index (κ2) is 13.2. The number of hydrogen-bond donors (Lipinski definition) is 7. The lowest BCUT2D eigenvalue weighted by atomic mass is 10.0. The van der Waals surface area contributed by atoms with Crippen LogP contribution in [0.3, 0.4) is 0 Å². The molecule has 0 fully saturated rings. The number of amides is 3. The predicted octanol–water partition coefficient (Wildman–Crippen LogP) is 0.417. The molecule has 2 aromatic heterocycles. The summed E-state index contributed by atoms with van der Waals surface area (Å²) < 4.78 is 0. The highest BCUT2D eigenvalue weighted by molar-refractivity contribution is 5.94. The highest BCUT2D eigenvalue weighted by atomic mass is 16.4. The molecule has 0 spiro atoms. The molecule has 0 aliphatic rings. The molecule has 3 unspecified atom stereocenters. The average Bonchev–Trinajstić information content (AvgIpc) is 3.61. The molecular formula is C28H31N7O5. The number of carbonyl (C=O) groups is 4. The Kier molecular flexibility index (Phi) is 9.26. The van der Waals surface area contributed by atoms with Crippen molar-refractivity contribution in [3.05, 3.63) is 90.1 Å². The minimum Gasteiger partial charge on any atom is -0.480 e. The molecule has 4 rings (SSSR count). The van der Waals surface area contributed by atoms with Crippen molar-refractivity contribution in [3.63, 3.8) is 0 Å². The highest BCUT2D eigenvalue weighted by Crippen LogP contribution is 2.19. The van der Waals surface area contributed by atoms with Crippen LogP contribution in [0.2, 0.25) is 0 Å². The number of nitrogens with one attached hydrogen (secondary N) is 5. The van der Waals surface area contributed by atoms with E-state index in [1.165, 1.54) is 12.5 Å². The number of benzene rings is 2. The van der Waals surface area contributed by atoms with Crippen LogP contribution in [0.5, 0.6) is 0 Å². The lowest BCUT2D eigenvalue weighted by Gasteiger charge is -2.24. The number of para-hydroxylation sites is 1. The van der Waals surface area contributed by atoms with Gasteiger partial charge >= 0.3 is 5.97 Å². The van der Waals surface area contributed by atoms with E-state index in [1.807, 2.05) is 54.6 Å². The fraction of sp³-hybridized carbons (Fsp3) is 0.250. The summed E-state index contributed by atoms with van der Waals surface area (Å²) in [5.74, 6) is -3.06. The largest absolute Gasteiger partial charge is 0.480 e. The molecule has 0 saturated carbocycles. The van der Waals surface area contributed by atoms with E-state index in [-0.39, 0.29) is 19.3 Å². The minimum atomic E-state index is -1.23. The molecular weight excluding hydrogens is 514 g/mol. The fourth-order valence-electron chi connectivity index (χ4n) is 4.35. The van der Waals surface area contributed by atoms with Gasteiger partial charge in [0.05, 0.1) is 12.4 Å². The number of carbonyl (C=O) groups excluding carboxylic acids is 3. The summed E-state index contributed by atoms with van der Waals surface area (Å²) in [7, 11) is 0. The number of hydrogen-bond acceptors (Lipinski definition) is 6. The summed E-state index contributed by atoms with van der Waals surface area (Å²) in [6.45, 7) is -0.613. The maximum Gasteiger partial charge on any atom is 0.322 e. The van der Waals surface area contributed by atoms with Crippen molar-refractivity contribution in [2.45, 2.75) is 37.4 Å². The Bertz CT molecular complexity index is 1450. The van der Waals surface area contributed by atoms with Crippen LogP contribution in [-0.2, 0) is 38.4 Å². The highest BCUT2D eigenvalue weighted by Gasteiger charge is 2.29. The smallest absolute Gasteiger partial charge is 0.322 e. The van der Waals surface area contributed by atoms with Gasteiger partial charge in [-0.15, -0.1) is 0 Å². The van der Waals surface area contributed by atoms with Crippen LogP contribution in [0, 0.1) is 0 Å². The Morgan fingerprint density at radius 1 is 0.850 bits per heavy atom. The SMILES string of the molecule is NC(Cc1ccccc1)C(=O)NC(Cc1c[nH]c2ccccc12)C(=O)NC(Cc1cnc[nH]1)C(=O)NCC(=O)O. The molecule has 40 heavy (non-hydrogen) atoms. The number of rotatable bonds is 13. The summed E-state index contributed by atoms with van der Waals surface area (Å²) in [5.41, 5.74) is 9.27. The summed E-state index contributed by atoms with van der Waals surface area (Å²) in [4.78, 5) is 60.5. The van der Waals surface area contributed by atoms with Crippen molar-refractivity contribution in [2.24, 2.45) is 5.73 Å². The Morgan fingerprint density at radius 2 is 1.55 bits per heavy atom. The predicted molar refractivity (Wildman–Crippen MR) is 147 cm³/mol. The third-order valence-corrected chi connectivity index (χ3v) is 6.39. The van der Waals surface area contributed by atoms with E-state index >= 15 is 0 Å². The van der Waals surface area contributed by atoms with E-state index in [0.29, 0.717) is 5.69 Å². The number of aliphatic carboxylic acids is 1. The number of imidazole rings is 1. The van der Waals surface area contributed by atoms with Gasteiger partial charge in [-0.05, 0) is 23.6 Å². The van der Waals surface area contributed by atoms with Crippen LogP contribution in [0.25, 0.3) is 10.9 Å². The van der Waals surface area contributed by atoms with Crippen LogP contribution in [-0.4, -0.2) is 68.4 Å². The lowest BCUT2D eigenvalue weighted by Crippen LogP contribution is -2.57. The van der Waals surface area contributed by atoms with Crippen molar-refractivity contribution < 1.29 is 24.3 Å². The number of H-pyrrole nitrogens is 2. The summed E-state index contributed by atoms with van der Waals surface area (Å²) in [6, 6.07) is 13.7. The Morgan fingerprint density at radius 3 is 2.27 bits per heavy atom. The summed E-state index contributed by atoms with van der Waals surface area (Å²) in [5, 5.41) is 17.6. The van der Waals surface area contributed by atoms with Gasteiger partial charge in [0.15, 0.2) is 0 Å². The quantitative estimate of drug-likeness (QED) is 0.126. The maximum absolute atomic E-state index is 13.6. The number of aromatic amines is 2. The third-order valence-electron chi connectivity index (χ3n) is 6.39. The summed E-state index contributed by atoms with van der Waals surface area (Å²) in [6.07, 6.45) is 5.11. The van der Waals surface area contributed by atoms with Crippen molar-refractivity contribution in [1.82, 2.24) is 30.9 Å². The second-order valence-electron chi connectivity index (χ2n) is 9.37. The molecule has 0 saturated heterocycles. The van der Waals surface area contributed by atoms with E-state index in [2.05, 4.69) is 30.9 Å². The molecule has 8 N–H and O–H groups in total. The third kappa shape index (κ3) is 7.54. The minimum absolute atomic E-state index is 0.0263. The fourth-order valence-corrected chi connectivity index (χ4v) is 4.35. The van der Waals surface area contributed by atoms with Crippen molar-refractivity contribution in [1.29, 1.82) is 0 Å². The van der Waals surface area contributed by atoms with Gasteiger partial charge in [0, 0.05) is 41.8 Å². The Balaban J connectivity index is 1.55. The molecule has 12 nitrogen and oxygen atoms in total. The first kappa shape index (κ1) is 28.0. The molecule has 0 bridgehead atoms. The number of fused-ring (bicyclic) bond motifs is 1. The molecule has 12 heteroatoms. The summed E-state index contributed by atoms with van der Waals surface area (Å²) >= 11 is 0. The number of nitrogens with zero attached hydrogens (tertiary/aromatic N) is 1. The topological polar surface area (TPSA) is 195 Å². The molecule has 2 aromatic carbocycles. The van der Waals surface area contributed by atoms with Crippen molar-refractivity contribution in [3.8, 4) is 0 Å². The van der Waals surface area contributed by atoms with Gasteiger partial charge in [0.1, 0.15) is 18.6 Å². The van der Waals surface area contributed by atoms with Gasteiger partial charge in [-0.2, -0.15) is 0 Å². The van der Waals surface area contributed by atoms with Gasteiger partial charge in [-0.1, -0.05) is 48.5 Å². The van der Waals surface area contributed by atoms with Crippen LogP contribution < -0.4 is 21.7 Å². The van der Waals surface area contributed by atoms with E-state index in [0.717, 1.165) is 22.0 Å². The molecule has 3 atom stereocenters. The van der Waals surface area contributed by atoms with E-state index in [4.69, 9.17) is 10.8 Å². The molecule has 2 heterocycles. The zero-order valence-electron chi connectivity index (χ0n) is 21.6. The lowest BCUT2D eigenvalue weighted by molar-refractivity contribution is -0.138. The van der Waals surface area contributed by atoms with Crippen LogP contribution in [0.1, 0.15) is 16.8 Å². The van der Waals surface area contributed by atoms with Gasteiger partial charge in [0.2, 0.25) is 17.7 Å². The molecule has 0 aliphatic heterocycles. The Hall–Kier alpha value is -4.97. The molecule has 0 aliphatic carbocycles. The first-order chi connectivity index (χ1) is 19.3. The van der Waals surface area contributed by atoms with E-state index < -0.39 is 48.4 Å². The number of carboxylic acid groups (broad SMARTS) is 1. The van der Waals surface area contributed by atoms with Gasteiger partial charge in [-0.3, -0.25) is 19.2 Å². The first-order valence-corrected chi connectivity index (χ1v) is 12.7. The molecule has 208 valence electrons. The number of nitrogens with two attached hydrogens (primary N) is 1. The second-order valence-corrected chi connectivity index (χ2v) is 9.37. The molecule has 4 aromatic rings. The number of carboxylic acids is 1. The number of aromatic nitrogens is 3. The van der Waals surface area contributed by atoms with Gasteiger partial charge < -0.3 is 36.8 Å². The zero-order chi connectivity index (χ0) is 28.5. The van der Waals surface area contributed by atoms with Crippen LogP contribution in [0.15, 0.2) is 73.3 Å². The van der Waals surface area contributed by atoms with Crippen LogP contribution in [0.4, 0.5) is 0 Å².